The van der Waals surface area contributed by atoms with Crippen LogP contribution in [0.2, 0.25) is 0 Å². The molecule has 0 unspecified atom stereocenters. The Hall–Kier alpha value is -2.36. The van der Waals surface area contributed by atoms with Gasteiger partial charge in [-0.25, -0.2) is 9.78 Å². The Morgan fingerprint density at radius 3 is 2.60 bits per heavy atom. The molecule has 2 aromatic rings. The largest absolute Gasteiger partial charge is 0.478 e. The van der Waals surface area contributed by atoms with E-state index < -0.39 is 5.97 Å². The first-order valence-corrected chi connectivity index (χ1v) is 6.45. The summed E-state index contributed by atoms with van der Waals surface area (Å²) in [5, 5.41) is 8.93. The van der Waals surface area contributed by atoms with Crippen LogP contribution in [0.3, 0.4) is 0 Å². The van der Waals surface area contributed by atoms with Crippen molar-refractivity contribution in [3.8, 4) is 11.6 Å². The maximum Gasteiger partial charge on any atom is 0.335 e. The number of hydrogen-bond donors (Lipinski definition) is 1. The second kappa shape index (κ2) is 5.74. The first-order chi connectivity index (χ1) is 9.47. The van der Waals surface area contributed by atoms with Gasteiger partial charge in [-0.2, -0.15) is 0 Å². The van der Waals surface area contributed by atoms with Crippen molar-refractivity contribution in [3.05, 3.63) is 53.2 Å². The highest BCUT2D eigenvalue weighted by Gasteiger charge is 2.08. The number of aromatic carboxylic acids is 1. The Kier molecular flexibility index (Phi) is 4.03. The van der Waals surface area contributed by atoms with Crippen molar-refractivity contribution in [1.29, 1.82) is 0 Å². The molecule has 1 heterocycles. The van der Waals surface area contributed by atoms with Crippen LogP contribution < -0.4 is 4.74 Å². The van der Waals surface area contributed by atoms with Gasteiger partial charge in [0, 0.05) is 12.3 Å². The molecule has 104 valence electrons. The van der Waals surface area contributed by atoms with Crippen LogP contribution in [0.1, 0.15) is 41.3 Å². The summed E-state index contributed by atoms with van der Waals surface area (Å²) in [4.78, 5) is 14.9. The number of carboxylic acid groups (broad SMARTS) is 1. The number of carboxylic acids is 1. The second-order valence-electron chi connectivity index (χ2n) is 4.96. The lowest BCUT2D eigenvalue weighted by Gasteiger charge is -2.12. The summed E-state index contributed by atoms with van der Waals surface area (Å²) in [6, 6.07) is 8.68. The van der Waals surface area contributed by atoms with Crippen LogP contribution in [0.25, 0.3) is 0 Å². The number of nitrogens with zero attached hydrogens (tertiary/aromatic N) is 1. The van der Waals surface area contributed by atoms with Gasteiger partial charge >= 0.3 is 5.97 Å². The zero-order chi connectivity index (χ0) is 14.7. The molecule has 20 heavy (non-hydrogen) atoms. The predicted octanol–water partition coefficient (Wildman–Crippen LogP) is 4.00. The summed E-state index contributed by atoms with van der Waals surface area (Å²) in [7, 11) is 0. The van der Waals surface area contributed by atoms with Crippen molar-refractivity contribution >= 4 is 5.97 Å². The van der Waals surface area contributed by atoms with Gasteiger partial charge in [0.2, 0.25) is 5.88 Å². The first kappa shape index (κ1) is 14.1. The van der Waals surface area contributed by atoms with Crippen molar-refractivity contribution in [2.24, 2.45) is 0 Å². The van der Waals surface area contributed by atoms with Crippen molar-refractivity contribution in [3.63, 3.8) is 0 Å². The number of ether oxygens (including phenoxy) is 1. The molecule has 4 heteroatoms. The molecule has 0 atom stereocenters. The highest BCUT2D eigenvalue weighted by Crippen LogP contribution is 2.26. The van der Waals surface area contributed by atoms with Crippen molar-refractivity contribution < 1.29 is 14.6 Å². The summed E-state index contributed by atoms with van der Waals surface area (Å²) < 4.78 is 5.61. The smallest absolute Gasteiger partial charge is 0.335 e. The molecule has 0 spiro atoms. The third-order valence-electron chi connectivity index (χ3n) is 3.07. The van der Waals surface area contributed by atoms with E-state index in [-0.39, 0.29) is 11.4 Å². The zero-order valence-corrected chi connectivity index (χ0v) is 11.8. The number of aromatic nitrogens is 1. The van der Waals surface area contributed by atoms with Gasteiger partial charge in [-0.05, 0) is 42.2 Å². The van der Waals surface area contributed by atoms with Gasteiger partial charge in [0.15, 0.2) is 0 Å². The summed E-state index contributed by atoms with van der Waals surface area (Å²) in [5.41, 5.74) is 2.57. The molecule has 0 aliphatic heterocycles. The van der Waals surface area contributed by atoms with Crippen LogP contribution in [0.5, 0.6) is 11.6 Å². The molecule has 1 aromatic carbocycles. The number of pyridine rings is 1. The van der Waals surface area contributed by atoms with E-state index in [2.05, 4.69) is 18.8 Å². The van der Waals surface area contributed by atoms with E-state index in [4.69, 9.17) is 9.84 Å². The Balaban J connectivity index is 2.24. The fourth-order valence-corrected chi connectivity index (χ4v) is 2.08. The highest BCUT2D eigenvalue weighted by atomic mass is 16.5. The first-order valence-electron chi connectivity index (χ1n) is 6.45. The Morgan fingerprint density at radius 1 is 1.25 bits per heavy atom. The van der Waals surface area contributed by atoms with Crippen LogP contribution in [0.15, 0.2) is 36.5 Å². The molecule has 4 nitrogen and oxygen atoms in total. The molecule has 0 fully saturated rings. The van der Waals surface area contributed by atoms with Crippen LogP contribution in [-0.2, 0) is 0 Å². The Labute approximate surface area is 118 Å². The van der Waals surface area contributed by atoms with E-state index in [9.17, 15) is 4.79 Å². The molecule has 0 aliphatic carbocycles. The van der Waals surface area contributed by atoms with Crippen LogP contribution in [0.4, 0.5) is 0 Å². The van der Waals surface area contributed by atoms with Gasteiger partial charge in [-0.15, -0.1) is 0 Å². The molecule has 1 aromatic heterocycles. The van der Waals surface area contributed by atoms with Gasteiger partial charge in [0.1, 0.15) is 5.75 Å². The minimum atomic E-state index is -0.997. The molecule has 1 N–H and O–H groups in total. The highest BCUT2D eigenvalue weighted by molar-refractivity contribution is 5.87. The number of carbonyl (C=O) groups is 1. The normalized spacial score (nSPS) is 10.6. The summed E-state index contributed by atoms with van der Waals surface area (Å²) in [5.74, 6) is 0.393. The quantitative estimate of drug-likeness (QED) is 0.912. The van der Waals surface area contributed by atoms with Crippen molar-refractivity contribution in [1.82, 2.24) is 4.98 Å². The fourth-order valence-electron chi connectivity index (χ4n) is 2.08. The standard InChI is InChI=1S/C16H17NO3/c1-10(2)14-5-4-13(8-11(14)3)20-15-9-12(16(18)19)6-7-17-15/h4-10H,1-3H3,(H,18,19). The van der Waals surface area contributed by atoms with E-state index >= 15 is 0 Å². The molecule has 0 bridgehead atoms. The predicted molar refractivity (Wildman–Crippen MR) is 76.5 cm³/mol. The van der Waals surface area contributed by atoms with E-state index in [0.717, 1.165) is 5.56 Å². The lowest BCUT2D eigenvalue weighted by atomic mass is 9.98. The lowest BCUT2D eigenvalue weighted by molar-refractivity contribution is 0.0696. The number of hydrogen-bond acceptors (Lipinski definition) is 3. The molecule has 0 aliphatic rings. The molecule has 2 rings (SSSR count). The van der Waals surface area contributed by atoms with Crippen molar-refractivity contribution in [2.75, 3.05) is 0 Å². The number of benzene rings is 1. The van der Waals surface area contributed by atoms with E-state index in [1.165, 1.54) is 23.9 Å². The van der Waals surface area contributed by atoms with E-state index in [0.29, 0.717) is 11.7 Å². The Bertz CT molecular complexity index is 635. The summed E-state index contributed by atoms with van der Waals surface area (Å²) in [6.45, 7) is 6.31. The van der Waals surface area contributed by atoms with Gasteiger partial charge in [0.05, 0.1) is 5.56 Å². The molecule has 0 saturated carbocycles. The van der Waals surface area contributed by atoms with Crippen molar-refractivity contribution in [2.45, 2.75) is 26.7 Å². The minimum absolute atomic E-state index is 0.158. The van der Waals surface area contributed by atoms with Crippen LogP contribution in [-0.4, -0.2) is 16.1 Å². The third-order valence-corrected chi connectivity index (χ3v) is 3.07. The maximum absolute atomic E-state index is 10.9. The molecule has 0 radical (unpaired) electrons. The SMILES string of the molecule is Cc1cc(Oc2cc(C(=O)O)ccn2)ccc1C(C)C. The minimum Gasteiger partial charge on any atom is -0.478 e. The average molecular weight is 271 g/mol. The van der Waals surface area contributed by atoms with Gasteiger partial charge in [0.25, 0.3) is 0 Å². The Morgan fingerprint density at radius 2 is 2.00 bits per heavy atom. The number of rotatable bonds is 4. The zero-order valence-electron chi connectivity index (χ0n) is 11.8. The van der Waals surface area contributed by atoms with Crippen LogP contribution in [0, 0.1) is 6.92 Å². The third kappa shape index (κ3) is 3.15. The average Bonchev–Trinajstić information content (AvgIpc) is 2.38. The fraction of sp³-hybridized carbons (Fsp3) is 0.250. The molecular formula is C16H17NO3. The summed E-state index contributed by atoms with van der Waals surface area (Å²) >= 11 is 0. The lowest BCUT2D eigenvalue weighted by Crippen LogP contribution is -1.98. The van der Waals surface area contributed by atoms with Gasteiger partial charge in [-0.3, -0.25) is 0 Å². The second-order valence-corrected chi connectivity index (χ2v) is 4.96. The van der Waals surface area contributed by atoms with Gasteiger partial charge in [-0.1, -0.05) is 19.9 Å². The van der Waals surface area contributed by atoms with Gasteiger partial charge < -0.3 is 9.84 Å². The monoisotopic (exact) mass is 271 g/mol. The molecule has 0 amide bonds. The maximum atomic E-state index is 10.9. The van der Waals surface area contributed by atoms with E-state index in [1.807, 2.05) is 25.1 Å². The molecular weight excluding hydrogens is 254 g/mol. The number of aryl methyl sites for hydroxylation is 1. The van der Waals surface area contributed by atoms with Crippen LogP contribution >= 0.6 is 0 Å². The topological polar surface area (TPSA) is 59.4 Å². The van der Waals surface area contributed by atoms with E-state index in [1.54, 1.807) is 0 Å². The summed E-state index contributed by atoms with van der Waals surface area (Å²) in [6.07, 6.45) is 1.42. The molecule has 0 saturated heterocycles.